The van der Waals surface area contributed by atoms with E-state index in [0.29, 0.717) is 28.4 Å². The summed E-state index contributed by atoms with van der Waals surface area (Å²) in [5.74, 6) is 1.44. The first-order valence-electron chi connectivity index (χ1n) is 8.08. The van der Waals surface area contributed by atoms with E-state index >= 15 is 0 Å². The monoisotopic (exact) mass is 348 g/mol. The van der Waals surface area contributed by atoms with E-state index in [1.165, 1.54) is 10.9 Å². The van der Waals surface area contributed by atoms with Gasteiger partial charge in [0, 0.05) is 12.6 Å². The molecule has 0 unspecified atom stereocenters. The van der Waals surface area contributed by atoms with E-state index in [0.717, 1.165) is 11.1 Å². The summed E-state index contributed by atoms with van der Waals surface area (Å²) in [6, 6.07) is 13.0. The molecular weight excluding hydrogens is 332 g/mol. The summed E-state index contributed by atoms with van der Waals surface area (Å²) in [6.07, 6.45) is 1.50. The highest BCUT2D eigenvalue weighted by Crippen LogP contribution is 2.22. The van der Waals surface area contributed by atoms with Gasteiger partial charge in [0.05, 0.1) is 17.2 Å². The van der Waals surface area contributed by atoms with E-state index in [2.05, 4.69) is 15.1 Å². The van der Waals surface area contributed by atoms with Gasteiger partial charge in [-0.1, -0.05) is 23.4 Å². The number of benzene rings is 2. The Morgan fingerprint density at radius 2 is 2.04 bits per heavy atom. The van der Waals surface area contributed by atoms with Gasteiger partial charge >= 0.3 is 0 Å². The van der Waals surface area contributed by atoms with E-state index in [4.69, 9.17) is 9.26 Å². The first-order chi connectivity index (χ1) is 12.6. The second kappa shape index (κ2) is 6.44. The lowest BCUT2D eigenvalue weighted by Crippen LogP contribution is -2.16. The highest BCUT2D eigenvalue weighted by atomic mass is 16.5. The molecule has 0 saturated heterocycles. The van der Waals surface area contributed by atoms with Crippen LogP contribution in [0.15, 0.2) is 58.1 Å². The van der Waals surface area contributed by atoms with Crippen LogP contribution in [0, 0.1) is 6.92 Å². The molecule has 0 fully saturated rings. The third-order valence-electron chi connectivity index (χ3n) is 4.10. The Kier molecular flexibility index (Phi) is 3.96. The minimum atomic E-state index is -0.123. The van der Waals surface area contributed by atoms with Crippen molar-refractivity contribution in [3.63, 3.8) is 0 Å². The van der Waals surface area contributed by atoms with Crippen LogP contribution in [0.25, 0.3) is 22.4 Å². The lowest BCUT2D eigenvalue weighted by Gasteiger charge is -2.05. The molecule has 0 N–H and O–H groups in total. The number of aromatic nitrogens is 4. The molecule has 0 aliphatic rings. The van der Waals surface area contributed by atoms with Crippen molar-refractivity contribution in [3.05, 3.63) is 70.5 Å². The van der Waals surface area contributed by atoms with Gasteiger partial charge in [-0.2, -0.15) is 4.98 Å². The summed E-state index contributed by atoms with van der Waals surface area (Å²) in [4.78, 5) is 20.8. The van der Waals surface area contributed by atoms with Crippen LogP contribution in [0.2, 0.25) is 0 Å². The van der Waals surface area contributed by atoms with Crippen molar-refractivity contribution < 1.29 is 9.26 Å². The predicted molar refractivity (Wildman–Crippen MR) is 95.8 cm³/mol. The van der Waals surface area contributed by atoms with Gasteiger partial charge in [-0.3, -0.25) is 4.79 Å². The lowest BCUT2D eigenvalue weighted by molar-refractivity contribution is 0.287. The van der Waals surface area contributed by atoms with Crippen molar-refractivity contribution in [2.45, 2.75) is 13.5 Å². The van der Waals surface area contributed by atoms with Crippen LogP contribution in [0.5, 0.6) is 5.75 Å². The van der Waals surface area contributed by atoms with Crippen molar-refractivity contribution >= 4 is 10.9 Å². The molecule has 2 aromatic heterocycles. The molecule has 0 spiro atoms. The number of aryl methyl sites for hydroxylation is 2. The van der Waals surface area contributed by atoms with Crippen LogP contribution >= 0.6 is 0 Å². The van der Waals surface area contributed by atoms with Crippen LogP contribution in [0.1, 0.15) is 11.4 Å². The Hall–Kier alpha value is -3.48. The normalized spacial score (nSPS) is 11.0. The molecule has 0 saturated carbocycles. The quantitative estimate of drug-likeness (QED) is 0.564. The molecular formula is C19H16N4O3. The Balaban J connectivity index is 1.55. The average molecular weight is 348 g/mol. The van der Waals surface area contributed by atoms with Gasteiger partial charge in [-0.25, -0.2) is 4.98 Å². The van der Waals surface area contributed by atoms with Gasteiger partial charge in [-0.05, 0) is 36.8 Å². The van der Waals surface area contributed by atoms with Crippen LogP contribution in [0.4, 0.5) is 0 Å². The fourth-order valence-electron chi connectivity index (χ4n) is 2.66. The molecule has 26 heavy (non-hydrogen) atoms. The lowest BCUT2D eigenvalue weighted by atomic mass is 10.1. The number of fused-ring (bicyclic) bond motifs is 1. The molecule has 0 aliphatic carbocycles. The minimum Gasteiger partial charge on any atom is -0.485 e. The second-order valence-corrected chi connectivity index (χ2v) is 5.96. The highest BCUT2D eigenvalue weighted by Gasteiger charge is 2.11. The maximum atomic E-state index is 12.2. The molecule has 4 rings (SSSR count). The summed E-state index contributed by atoms with van der Waals surface area (Å²) in [5, 5.41) is 4.45. The topological polar surface area (TPSA) is 83.0 Å². The standard InChI is InChI=1S/C19H16N4O3/c1-12-5-3-4-6-14(12)18-21-17(22-26-18)10-25-13-7-8-16-15(9-13)19(24)23(2)11-20-16/h3-9,11H,10H2,1-2H3. The number of hydrogen-bond donors (Lipinski definition) is 0. The molecule has 0 radical (unpaired) electrons. The zero-order valence-corrected chi connectivity index (χ0v) is 14.3. The Morgan fingerprint density at radius 3 is 2.88 bits per heavy atom. The summed E-state index contributed by atoms with van der Waals surface area (Å²) in [7, 11) is 1.66. The Labute approximate surface area is 148 Å². The van der Waals surface area contributed by atoms with Gasteiger partial charge in [0.2, 0.25) is 5.82 Å². The molecule has 7 nitrogen and oxygen atoms in total. The summed E-state index contributed by atoms with van der Waals surface area (Å²) in [6.45, 7) is 2.13. The highest BCUT2D eigenvalue weighted by molar-refractivity contribution is 5.78. The third-order valence-corrected chi connectivity index (χ3v) is 4.10. The molecule has 0 amide bonds. The van der Waals surface area contributed by atoms with Gasteiger partial charge in [-0.15, -0.1) is 0 Å². The van der Waals surface area contributed by atoms with E-state index < -0.39 is 0 Å². The molecule has 2 heterocycles. The van der Waals surface area contributed by atoms with Crippen LogP contribution in [0.3, 0.4) is 0 Å². The van der Waals surface area contributed by atoms with Crippen LogP contribution in [-0.4, -0.2) is 19.7 Å². The summed E-state index contributed by atoms with van der Waals surface area (Å²) < 4.78 is 12.5. The average Bonchev–Trinajstić information content (AvgIpc) is 3.12. The number of hydrogen-bond acceptors (Lipinski definition) is 6. The Morgan fingerprint density at radius 1 is 1.19 bits per heavy atom. The zero-order valence-electron chi connectivity index (χ0n) is 14.3. The van der Waals surface area contributed by atoms with Gasteiger partial charge in [0.1, 0.15) is 5.75 Å². The van der Waals surface area contributed by atoms with E-state index in [9.17, 15) is 4.79 Å². The number of ether oxygens (including phenoxy) is 1. The second-order valence-electron chi connectivity index (χ2n) is 5.96. The molecule has 0 bridgehead atoms. The van der Waals surface area contributed by atoms with Crippen molar-refractivity contribution in [2.75, 3.05) is 0 Å². The number of nitrogens with zero attached hydrogens (tertiary/aromatic N) is 4. The molecule has 2 aromatic carbocycles. The fraction of sp³-hybridized carbons (Fsp3) is 0.158. The van der Waals surface area contributed by atoms with Crippen LogP contribution in [-0.2, 0) is 13.7 Å². The smallest absolute Gasteiger partial charge is 0.261 e. The molecule has 130 valence electrons. The molecule has 0 atom stereocenters. The first kappa shape index (κ1) is 16.0. The van der Waals surface area contributed by atoms with Crippen molar-refractivity contribution in [2.24, 2.45) is 7.05 Å². The number of rotatable bonds is 4. The van der Waals surface area contributed by atoms with Gasteiger partial charge < -0.3 is 13.8 Å². The fourth-order valence-corrected chi connectivity index (χ4v) is 2.66. The van der Waals surface area contributed by atoms with Gasteiger partial charge in [0.15, 0.2) is 6.61 Å². The van der Waals surface area contributed by atoms with E-state index in [1.807, 2.05) is 31.2 Å². The zero-order chi connectivity index (χ0) is 18.1. The summed E-state index contributed by atoms with van der Waals surface area (Å²) >= 11 is 0. The predicted octanol–water partition coefficient (Wildman–Crippen LogP) is 2.87. The molecule has 7 heteroatoms. The Bertz CT molecular complexity index is 1150. The van der Waals surface area contributed by atoms with Crippen LogP contribution < -0.4 is 10.3 Å². The van der Waals surface area contributed by atoms with Gasteiger partial charge in [0.25, 0.3) is 11.4 Å². The minimum absolute atomic E-state index is 0.123. The van der Waals surface area contributed by atoms with Crippen molar-refractivity contribution in [1.82, 2.24) is 19.7 Å². The van der Waals surface area contributed by atoms with E-state index in [1.54, 1.807) is 25.2 Å². The van der Waals surface area contributed by atoms with E-state index in [-0.39, 0.29) is 12.2 Å². The maximum Gasteiger partial charge on any atom is 0.261 e. The SMILES string of the molecule is Cc1ccccc1-c1nc(COc2ccc3ncn(C)c(=O)c3c2)no1. The third kappa shape index (κ3) is 2.95. The largest absolute Gasteiger partial charge is 0.485 e. The summed E-state index contributed by atoms with van der Waals surface area (Å²) in [5.41, 5.74) is 2.46. The maximum absolute atomic E-state index is 12.2. The molecule has 4 aromatic rings. The van der Waals surface area contributed by atoms with Crippen molar-refractivity contribution in [1.29, 1.82) is 0 Å². The van der Waals surface area contributed by atoms with Crippen molar-refractivity contribution in [3.8, 4) is 17.2 Å². The first-order valence-corrected chi connectivity index (χ1v) is 8.08. The molecule has 0 aliphatic heterocycles.